The first-order valence-corrected chi connectivity index (χ1v) is 7.28. The SMILES string of the molecule is Cc1cccc(CCNCc2ncnn2CC(C)C)c1. The van der Waals surface area contributed by atoms with Gasteiger partial charge in [-0.1, -0.05) is 43.7 Å². The number of nitrogens with one attached hydrogen (secondary N) is 1. The maximum atomic E-state index is 4.32. The topological polar surface area (TPSA) is 42.7 Å². The highest BCUT2D eigenvalue weighted by molar-refractivity contribution is 5.22. The van der Waals surface area contributed by atoms with E-state index in [9.17, 15) is 0 Å². The molecule has 0 aliphatic carbocycles. The van der Waals surface area contributed by atoms with Crippen LogP contribution in [0.25, 0.3) is 0 Å². The Labute approximate surface area is 121 Å². The number of benzene rings is 1. The molecule has 0 aliphatic heterocycles. The predicted octanol–water partition coefficient (Wildman–Crippen LogP) is 2.57. The number of nitrogens with zero attached hydrogens (tertiary/aromatic N) is 3. The molecule has 4 heteroatoms. The van der Waals surface area contributed by atoms with Crippen LogP contribution in [0.15, 0.2) is 30.6 Å². The van der Waals surface area contributed by atoms with Crippen LogP contribution in [-0.4, -0.2) is 21.3 Å². The van der Waals surface area contributed by atoms with Crippen molar-refractivity contribution < 1.29 is 0 Å². The van der Waals surface area contributed by atoms with Crippen LogP contribution in [0.1, 0.15) is 30.8 Å². The Morgan fingerprint density at radius 1 is 1.30 bits per heavy atom. The van der Waals surface area contributed by atoms with E-state index < -0.39 is 0 Å². The smallest absolute Gasteiger partial charge is 0.140 e. The van der Waals surface area contributed by atoms with Crippen molar-refractivity contribution in [3.63, 3.8) is 0 Å². The van der Waals surface area contributed by atoms with Crippen LogP contribution in [-0.2, 0) is 19.5 Å². The average molecular weight is 272 g/mol. The normalized spacial score (nSPS) is 11.2. The molecule has 20 heavy (non-hydrogen) atoms. The number of hydrogen-bond acceptors (Lipinski definition) is 3. The van der Waals surface area contributed by atoms with Gasteiger partial charge in [-0.2, -0.15) is 5.10 Å². The Kier molecular flexibility index (Phi) is 5.30. The van der Waals surface area contributed by atoms with Crippen molar-refractivity contribution in [1.82, 2.24) is 20.1 Å². The van der Waals surface area contributed by atoms with E-state index in [0.717, 1.165) is 31.9 Å². The van der Waals surface area contributed by atoms with Crippen molar-refractivity contribution in [3.8, 4) is 0 Å². The summed E-state index contributed by atoms with van der Waals surface area (Å²) in [5, 5.41) is 7.72. The lowest BCUT2D eigenvalue weighted by Crippen LogP contribution is -2.21. The Balaban J connectivity index is 1.77. The first-order valence-electron chi connectivity index (χ1n) is 7.28. The molecular formula is C16H24N4. The first kappa shape index (κ1) is 14.7. The molecule has 2 aromatic rings. The predicted molar refractivity (Wildman–Crippen MR) is 81.4 cm³/mol. The molecule has 2 rings (SSSR count). The lowest BCUT2D eigenvalue weighted by molar-refractivity contribution is 0.458. The minimum atomic E-state index is 0.586. The Hall–Kier alpha value is -1.68. The van der Waals surface area contributed by atoms with Crippen molar-refractivity contribution in [1.29, 1.82) is 0 Å². The van der Waals surface area contributed by atoms with E-state index in [4.69, 9.17) is 0 Å². The number of aryl methyl sites for hydroxylation is 1. The highest BCUT2D eigenvalue weighted by atomic mass is 15.3. The molecule has 0 fully saturated rings. The van der Waals surface area contributed by atoms with Gasteiger partial charge in [-0.25, -0.2) is 9.67 Å². The molecule has 1 heterocycles. The quantitative estimate of drug-likeness (QED) is 0.788. The third-order valence-electron chi connectivity index (χ3n) is 3.19. The minimum Gasteiger partial charge on any atom is -0.310 e. The fourth-order valence-electron chi connectivity index (χ4n) is 2.22. The summed E-state index contributed by atoms with van der Waals surface area (Å²) >= 11 is 0. The van der Waals surface area contributed by atoms with Gasteiger partial charge in [-0.3, -0.25) is 0 Å². The lowest BCUT2D eigenvalue weighted by Gasteiger charge is -2.09. The second kappa shape index (κ2) is 7.20. The van der Waals surface area contributed by atoms with Crippen molar-refractivity contribution in [3.05, 3.63) is 47.5 Å². The Bertz CT molecular complexity index is 531. The van der Waals surface area contributed by atoms with Crippen LogP contribution in [0, 0.1) is 12.8 Å². The fraction of sp³-hybridized carbons (Fsp3) is 0.500. The maximum absolute atomic E-state index is 4.32. The molecule has 0 spiro atoms. The highest BCUT2D eigenvalue weighted by Crippen LogP contribution is 2.04. The monoisotopic (exact) mass is 272 g/mol. The van der Waals surface area contributed by atoms with E-state index in [1.54, 1.807) is 6.33 Å². The second-order valence-corrected chi connectivity index (χ2v) is 5.67. The van der Waals surface area contributed by atoms with Crippen LogP contribution in [0.4, 0.5) is 0 Å². The number of rotatable bonds is 7. The van der Waals surface area contributed by atoms with E-state index in [2.05, 4.69) is 60.4 Å². The van der Waals surface area contributed by atoms with Gasteiger partial charge in [0.2, 0.25) is 0 Å². The van der Waals surface area contributed by atoms with Crippen LogP contribution >= 0.6 is 0 Å². The van der Waals surface area contributed by atoms with Crippen molar-refractivity contribution in [2.24, 2.45) is 5.92 Å². The van der Waals surface area contributed by atoms with Crippen molar-refractivity contribution in [2.75, 3.05) is 6.54 Å². The van der Waals surface area contributed by atoms with E-state index in [-0.39, 0.29) is 0 Å². The largest absolute Gasteiger partial charge is 0.310 e. The van der Waals surface area contributed by atoms with E-state index in [1.807, 2.05) is 4.68 Å². The van der Waals surface area contributed by atoms with Crippen LogP contribution in [0.2, 0.25) is 0 Å². The summed E-state index contributed by atoms with van der Waals surface area (Å²) in [4.78, 5) is 4.32. The molecule has 0 unspecified atom stereocenters. The van der Waals surface area contributed by atoms with Gasteiger partial charge in [0, 0.05) is 6.54 Å². The van der Waals surface area contributed by atoms with Gasteiger partial charge in [0.1, 0.15) is 12.2 Å². The zero-order valence-corrected chi connectivity index (χ0v) is 12.6. The zero-order chi connectivity index (χ0) is 14.4. The number of aromatic nitrogens is 3. The molecule has 1 aromatic carbocycles. The lowest BCUT2D eigenvalue weighted by atomic mass is 10.1. The Morgan fingerprint density at radius 2 is 2.15 bits per heavy atom. The molecule has 0 saturated heterocycles. The summed E-state index contributed by atoms with van der Waals surface area (Å²) in [6.45, 7) is 9.17. The molecule has 0 radical (unpaired) electrons. The fourth-order valence-corrected chi connectivity index (χ4v) is 2.22. The van der Waals surface area contributed by atoms with Crippen molar-refractivity contribution in [2.45, 2.75) is 40.3 Å². The van der Waals surface area contributed by atoms with E-state index >= 15 is 0 Å². The summed E-state index contributed by atoms with van der Waals surface area (Å²) in [5.41, 5.74) is 2.69. The molecule has 1 aromatic heterocycles. The highest BCUT2D eigenvalue weighted by Gasteiger charge is 2.05. The van der Waals surface area contributed by atoms with Crippen LogP contribution in [0.5, 0.6) is 0 Å². The Morgan fingerprint density at radius 3 is 2.90 bits per heavy atom. The molecule has 0 aliphatic rings. The van der Waals surface area contributed by atoms with Crippen LogP contribution in [0.3, 0.4) is 0 Å². The van der Waals surface area contributed by atoms with Gasteiger partial charge in [0.15, 0.2) is 0 Å². The standard InChI is InChI=1S/C16H24N4/c1-13(2)11-20-16(18-12-19-20)10-17-8-7-15-6-4-5-14(3)9-15/h4-6,9,12-13,17H,7-8,10-11H2,1-3H3. The first-order chi connectivity index (χ1) is 9.65. The van der Waals surface area contributed by atoms with E-state index in [0.29, 0.717) is 5.92 Å². The van der Waals surface area contributed by atoms with Gasteiger partial charge in [-0.05, 0) is 31.4 Å². The van der Waals surface area contributed by atoms with E-state index in [1.165, 1.54) is 11.1 Å². The summed E-state index contributed by atoms with van der Waals surface area (Å²) in [7, 11) is 0. The van der Waals surface area contributed by atoms with Gasteiger partial charge in [0.25, 0.3) is 0 Å². The van der Waals surface area contributed by atoms with Gasteiger partial charge >= 0.3 is 0 Å². The second-order valence-electron chi connectivity index (χ2n) is 5.67. The molecule has 0 atom stereocenters. The summed E-state index contributed by atoms with van der Waals surface area (Å²) in [5.74, 6) is 1.60. The molecule has 4 nitrogen and oxygen atoms in total. The van der Waals surface area contributed by atoms with Crippen LogP contribution < -0.4 is 5.32 Å². The minimum absolute atomic E-state index is 0.586. The molecule has 0 bridgehead atoms. The summed E-state index contributed by atoms with van der Waals surface area (Å²) in [6, 6.07) is 8.66. The molecule has 0 amide bonds. The molecule has 108 valence electrons. The average Bonchev–Trinajstić information content (AvgIpc) is 2.81. The number of hydrogen-bond donors (Lipinski definition) is 1. The summed E-state index contributed by atoms with van der Waals surface area (Å²) in [6.07, 6.45) is 2.68. The molecular weight excluding hydrogens is 248 g/mol. The third-order valence-corrected chi connectivity index (χ3v) is 3.19. The molecule has 1 N–H and O–H groups in total. The van der Waals surface area contributed by atoms with Crippen molar-refractivity contribution >= 4 is 0 Å². The summed E-state index contributed by atoms with van der Waals surface area (Å²) < 4.78 is 1.99. The molecule has 0 saturated carbocycles. The van der Waals surface area contributed by atoms with Gasteiger partial charge < -0.3 is 5.32 Å². The maximum Gasteiger partial charge on any atom is 0.140 e. The zero-order valence-electron chi connectivity index (χ0n) is 12.6. The van der Waals surface area contributed by atoms with Gasteiger partial charge in [-0.15, -0.1) is 0 Å². The third kappa shape index (κ3) is 4.46. The van der Waals surface area contributed by atoms with Gasteiger partial charge in [0.05, 0.1) is 6.54 Å².